The zero-order valence-corrected chi connectivity index (χ0v) is 16.5. The zero-order chi connectivity index (χ0) is 18.5. The Morgan fingerprint density at radius 2 is 1.76 bits per heavy atom. The van der Waals surface area contributed by atoms with E-state index in [1.807, 2.05) is 0 Å². The van der Waals surface area contributed by atoms with E-state index < -0.39 is 0 Å². The number of hydrogen-bond donors (Lipinski definition) is 1. The number of allylic oxidation sites excluding steroid dienone is 1. The van der Waals surface area contributed by atoms with Crippen LogP contribution in [0.5, 0.6) is 0 Å². The van der Waals surface area contributed by atoms with Gasteiger partial charge in [0.1, 0.15) is 0 Å². The number of Topliss-reactive ketones (excluding diaryl/α,β-unsaturated/α-hetero) is 1. The van der Waals surface area contributed by atoms with Crippen molar-refractivity contribution in [3.8, 4) is 0 Å². The molecule has 1 aromatic rings. The molecule has 0 saturated heterocycles. The van der Waals surface area contributed by atoms with Crippen LogP contribution in [0.2, 0.25) is 0 Å². The van der Waals surface area contributed by atoms with E-state index in [-0.39, 0.29) is 16.4 Å². The van der Waals surface area contributed by atoms with Gasteiger partial charge in [-0.15, -0.1) is 0 Å². The Balaban J connectivity index is 1.83. The minimum Gasteiger partial charge on any atom is -0.325 e. The first-order valence-electron chi connectivity index (χ1n) is 9.81. The third-order valence-corrected chi connectivity index (χ3v) is 7.63. The fraction of sp³-hybridized carbons (Fsp3) is 0.609. The largest absolute Gasteiger partial charge is 0.325 e. The molecule has 136 valence electrons. The minimum atomic E-state index is -0.176. The van der Waals surface area contributed by atoms with Crippen molar-refractivity contribution in [3.05, 3.63) is 41.0 Å². The number of benzene rings is 1. The highest BCUT2D eigenvalue weighted by Gasteiger charge is 2.63. The van der Waals surface area contributed by atoms with Crippen LogP contribution in [0.3, 0.4) is 0 Å². The Hall–Kier alpha value is -1.41. The number of carbonyl (C=O) groups is 1. The summed E-state index contributed by atoms with van der Waals surface area (Å²) < 4.78 is 0. The standard InChI is InChI=1S/C23H33NO/c1-6-23(24,7-2)15-17-10-8-16(9-11-17)14-18-19-12-13-22(5,20(18)25)21(19,3)4/h8-11,14,19H,6-7,12-13,15,24H2,1-5H3. The quantitative estimate of drug-likeness (QED) is 0.753. The van der Waals surface area contributed by atoms with Gasteiger partial charge >= 0.3 is 0 Å². The topological polar surface area (TPSA) is 43.1 Å². The molecule has 3 rings (SSSR count). The van der Waals surface area contributed by atoms with Gasteiger partial charge in [0.15, 0.2) is 5.78 Å². The van der Waals surface area contributed by atoms with Gasteiger partial charge in [-0.05, 0) is 66.2 Å². The molecule has 2 atom stereocenters. The predicted molar refractivity (Wildman–Crippen MR) is 105 cm³/mol. The van der Waals surface area contributed by atoms with E-state index in [4.69, 9.17) is 5.73 Å². The Labute approximate surface area is 152 Å². The lowest BCUT2D eigenvalue weighted by atomic mass is 9.70. The maximum Gasteiger partial charge on any atom is 0.165 e. The molecule has 0 spiro atoms. The SMILES string of the molecule is CCC(N)(CC)Cc1ccc(C=C2C(=O)C3(C)CCC2C3(C)C)cc1. The molecule has 2 nitrogen and oxygen atoms in total. The smallest absolute Gasteiger partial charge is 0.165 e. The zero-order valence-electron chi connectivity index (χ0n) is 16.5. The van der Waals surface area contributed by atoms with E-state index in [2.05, 4.69) is 65.0 Å². The molecule has 2 aliphatic carbocycles. The molecular formula is C23H33NO. The summed E-state index contributed by atoms with van der Waals surface area (Å²) in [5.41, 5.74) is 9.69. The monoisotopic (exact) mass is 339 g/mol. The molecule has 2 unspecified atom stereocenters. The molecule has 2 aliphatic rings. The second-order valence-corrected chi connectivity index (χ2v) is 9.06. The molecule has 2 N–H and O–H groups in total. The Morgan fingerprint density at radius 3 is 2.24 bits per heavy atom. The second-order valence-electron chi connectivity index (χ2n) is 9.06. The number of nitrogens with two attached hydrogens (primary N) is 1. The molecule has 2 heteroatoms. The summed E-state index contributed by atoms with van der Waals surface area (Å²) in [6.45, 7) is 11.0. The lowest BCUT2D eigenvalue weighted by Gasteiger charge is -2.31. The van der Waals surface area contributed by atoms with Crippen molar-refractivity contribution < 1.29 is 4.79 Å². The maximum absolute atomic E-state index is 13.0. The Bertz CT molecular complexity index is 693. The van der Waals surface area contributed by atoms with Crippen LogP contribution >= 0.6 is 0 Å². The van der Waals surface area contributed by atoms with Crippen molar-refractivity contribution in [1.82, 2.24) is 0 Å². The lowest BCUT2D eigenvalue weighted by molar-refractivity contribution is -0.125. The average molecular weight is 340 g/mol. The first kappa shape index (κ1) is 18.4. The van der Waals surface area contributed by atoms with E-state index in [0.29, 0.717) is 11.7 Å². The van der Waals surface area contributed by atoms with Crippen molar-refractivity contribution in [2.24, 2.45) is 22.5 Å². The van der Waals surface area contributed by atoms with Crippen molar-refractivity contribution in [2.75, 3.05) is 0 Å². The van der Waals surface area contributed by atoms with Gasteiger partial charge in [0.05, 0.1) is 0 Å². The molecule has 2 bridgehead atoms. The van der Waals surface area contributed by atoms with Gasteiger partial charge < -0.3 is 5.73 Å². The van der Waals surface area contributed by atoms with Gasteiger partial charge in [0, 0.05) is 11.0 Å². The van der Waals surface area contributed by atoms with E-state index in [0.717, 1.165) is 43.2 Å². The van der Waals surface area contributed by atoms with E-state index >= 15 is 0 Å². The van der Waals surface area contributed by atoms with Crippen LogP contribution in [-0.4, -0.2) is 11.3 Å². The molecule has 2 fully saturated rings. The highest BCUT2D eigenvalue weighted by Crippen LogP contribution is 2.65. The second kappa shape index (κ2) is 6.09. The molecular weight excluding hydrogens is 306 g/mol. The first-order valence-corrected chi connectivity index (χ1v) is 9.81. The molecule has 0 amide bonds. The van der Waals surface area contributed by atoms with Gasteiger partial charge in [-0.2, -0.15) is 0 Å². The highest BCUT2D eigenvalue weighted by molar-refractivity contribution is 6.07. The summed E-state index contributed by atoms with van der Waals surface area (Å²) in [7, 11) is 0. The number of fused-ring (bicyclic) bond motifs is 2. The molecule has 1 aromatic carbocycles. The van der Waals surface area contributed by atoms with Crippen molar-refractivity contribution in [1.29, 1.82) is 0 Å². The predicted octanol–water partition coefficient (Wildman–Crippen LogP) is 5.16. The first-order chi connectivity index (χ1) is 11.7. The molecule has 0 heterocycles. The van der Waals surface area contributed by atoms with Crippen LogP contribution in [0.1, 0.15) is 71.4 Å². The van der Waals surface area contributed by atoms with Crippen molar-refractivity contribution in [3.63, 3.8) is 0 Å². The van der Waals surface area contributed by atoms with E-state index in [9.17, 15) is 4.79 Å². The van der Waals surface area contributed by atoms with Crippen LogP contribution in [0.15, 0.2) is 29.8 Å². The van der Waals surface area contributed by atoms with E-state index in [1.165, 1.54) is 5.56 Å². The summed E-state index contributed by atoms with van der Waals surface area (Å²) >= 11 is 0. The molecule has 0 aliphatic heterocycles. The van der Waals surface area contributed by atoms with Gasteiger partial charge in [-0.25, -0.2) is 0 Å². The Kier molecular flexibility index (Phi) is 4.48. The number of rotatable bonds is 5. The summed E-state index contributed by atoms with van der Waals surface area (Å²) in [5, 5.41) is 0. The normalized spacial score (nSPS) is 29.6. The highest BCUT2D eigenvalue weighted by atomic mass is 16.1. The summed E-state index contributed by atoms with van der Waals surface area (Å²) in [6, 6.07) is 8.62. The lowest BCUT2D eigenvalue weighted by Crippen LogP contribution is -2.40. The van der Waals surface area contributed by atoms with Crippen molar-refractivity contribution >= 4 is 11.9 Å². The maximum atomic E-state index is 13.0. The van der Waals surface area contributed by atoms with Crippen molar-refractivity contribution in [2.45, 2.75) is 72.3 Å². The fourth-order valence-electron chi connectivity index (χ4n) is 4.91. The van der Waals surface area contributed by atoms with Crippen LogP contribution < -0.4 is 5.73 Å². The minimum absolute atomic E-state index is 0.0806. The number of hydrogen-bond acceptors (Lipinski definition) is 2. The van der Waals surface area contributed by atoms with Gasteiger partial charge in [-0.3, -0.25) is 4.79 Å². The Morgan fingerprint density at radius 1 is 1.16 bits per heavy atom. The summed E-state index contributed by atoms with van der Waals surface area (Å²) in [6.07, 6.45) is 7.19. The van der Waals surface area contributed by atoms with Crippen LogP contribution in [0, 0.1) is 16.7 Å². The molecule has 2 saturated carbocycles. The van der Waals surface area contributed by atoms with Crippen LogP contribution in [0.25, 0.3) is 6.08 Å². The fourth-order valence-corrected chi connectivity index (χ4v) is 4.91. The van der Waals surface area contributed by atoms with Gasteiger partial charge in [0.25, 0.3) is 0 Å². The van der Waals surface area contributed by atoms with E-state index in [1.54, 1.807) is 0 Å². The molecule has 0 aromatic heterocycles. The molecule has 25 heavy (non-hydrogen) atoms. The number of ketones is 1. The average Bonchev–Trinajstić information content (AvgIpc) is 2.90. The summed E-state index contributed by atoms with van der Waals surface area (Å²) in [4.78, 5) is 13.0. The van der Waals surface area contributed by atoms with Gasteiger partial charge in [0.2, 0.25) is 0 Å². The summed E-state index contributed by atoms with van der Waals surface area (Å²) in [5.74, 6) is 0.775. The van der Waals surface area contributed by atoms with Crippen LogP contribution in [0.4, 0.5) is 0 Å². The third kappa shape index (κ3) is 2.79. The van der Waals surface area contributed by atoms with Gasteiger partial charge in [-0.1, -0.05) is 58.9 Å². The molecule has 0 radical (unpaired) electrons. The third-order valence-electron chi connectivity index (χ3n) is 7.63. The van der Waals surface area contributed by atoms with Crippen LogP contribution in [-0.2, 0) is 11.2 Å². The number of carbonyl (C=O) groups excluding carboxylic acids is 1.